The summed E-state index contributed by atoms with van der Waals surface area (Å²) in [6.07, 6.45) is 2.53. The predicted molar refractivity (Wildman–Crippen MR) is 72.5 cm³/mol. The van der Waals surface area contributed by atoms with E-state index in [9.17, 15) is 4.79 Å². The minimum Gasteiger partial charge on any atom is -0.335 e. The van der Waals surface area contributed by atoms with E-state index in [-0.39, 0.29) is 5.91 Å². The van der Waals surface area contributed by atoms with Crippen LogP contribution < -0.4 is 0 Å². The van der Waals surface area contributed by atoms with Crippen LogP contribution in [0.5, 0.6) is 0 Å². The first-order valence-electron chi connectivity index (χ1n) is 6.02. The van der Waals surface area contributed by atoms with E-state index in [1.54, 1.807) is 0 Å². The normalized spacial score (nSPS) is 25.0. The molecule has 2 aliphatic rings. The Hall–Kier alpha value is -0.390. The van der Waals surface area contributed by atoms with Gasteiger partial charge in [-0.25, -0.2) is 0 Å². The summed E-state index contributed by atoms with van der Waals surface area (Å²) in [4.78, 5) is 17.7. The molecule has 1 aromatic rings. The van der Waals surface area contributed by atoms with Crippen LogP contribution in [0.1, 0.15) is 22.5 Å². The van der Waals surface area contributed by atoms with Gasteiger partial charge in [-0.05, 0) is 46.8 Å². The Kier molecular flexibility index (Phi) is 3.23. The molecular weight excluding hydrogens is 300 g/mol. The summed E-state index contributed by atoms with van der Waals surface area (Å²) in [5.74, 6) is 0.193. The molecule has 1 atom stereocenters. The van der Waals surface area contributed by atoms with E-state index in [0.717, 1.165) is 29.0 Å². The van der Waals surface area contributed by atoms with E-state index in [0.29, 0.717) is 6.04 Å². The molecule has 0 saturated carbocycles. The van der Waals surface area contributed by atoms with Crippen molar-refractivity contribution in [2.75, 3.05) is 26.2 Å². The minimum absolute atomic E-state index is 0.193. The summed E-state index contributed by atoms with van der Waals surface area (Å²) < 4.78 is 0.932. The third kappa shape index (κ3) is 2.16. The van der Waals surface area contributed by atoms with Crippen LogP contribution in [0.25, 0.3) is 0 Å². The lowest BCUT2D eigenvalue weighted by Crippen LogP contribution is -2.51. The summed E-state index contributed by atoms with van der Waals surface area (Å²) in [5, 5.41) is 1.96. The van der Waals surface area contributed by atoms with Gasteiger partial charge in [0.25, 0.3) is 5.91 Å². The van der Waals surface area contributed by atoms with Crippen LogP contribution in [-0.4, -0.2) is 47.9 Å². The van der Waals surface area contributed by atoms with Crippen molar-refractivity contribution in [3.63, 3.8) is 0 Å². The summed E-state index contributed by atoms with van der Waals surface area (Å²) in [5.41, 5.74) is 0. The molecular formula is C12H15BrN2OS. The van der Waals surface area contributed by atoms with Gasteiger partial charge in [-0.2, -0.15) is 0 Å². The fraction of sp³-hybridized carbons (Fsp3) is 0.583. The summed E-state index contributed by atoms with van der Waals surface area (Å²) in [6.45, 7) is 4.04. The zero-order valence-corrected chi connectivity index (χ0v) is 12.0. The maximum Gasteiger partial charge on any atom is 0.265 e. The molecule has 3 rings (SSSR count). The number of halogens is 1. The first-order valence-corrected chi connectivity index (χ1v) is 7.69. The number of amides is 1. The van der Waals surface area contributed by atoms with E-state index in [1.165, 1.54) is 30.7 Å². The number of nitrogens with zero attached hydrogens (tertiary/aromatic N) is 2. The molecule has 1 amide bonds. The van der Waals surface area contributed by atoms with Crippen LogP contribution in [0.15, 0.2) is 15.9 Å². The van der Waals surface area contributed by atoms with Gasteiger partial charge >= 0.3 is 0 Å². The molecule has 2 saturated heterocycles. The van der Waals surface area contributed by atoms with Crippen molar-refractivity contribution in [2.45, 2.75) is 18.9 Å². The largest absolute Gasteiger partial charge is 0.335 e. The number of hydrogen-bond acceptors (Lipinski definition) is 3. The minimum atomic E-state index is 0.193. The van der Waals surface area contributed by atoms with Gasteiger partial charge in [-0.15, -0.1) is 11.3 Å². The molecule has 0 aromatic carbocycles. The number of thiophene rings is 1. The van der Waals surface area contributed by atoms with E-state index in [1.807, 2.05) is 16.3 Å². The lowest BCUT2D eigenvalue weighted by atomic mass is 10.1. The Morgan fingerprint density at radius 2 is 2.29 bits per heavy atom. The molecule has 0 radical (unpaired) electrons. The monoisotopic (exact) mass is 314 g/mol. The fourth-order valence-corrected chi connectivity index (χ4v) is 4.27. The molecule has 2 fully saturated rings. The summed E-state index contributed by atoms with van der Waals surface area (Å²) in [6, 6.07) is 2.55. The Morgan fingerprint density at radius 3 is 3.06 bits per heavy atom. The van der Waals surface area contributed by atoms with Crippen molar-refractivity contribution < 1.29 is 4.79 Å². The van der Waals surface area contributed by atoms with E-state index in [4.69, 9.17) is 0 Å². The third-order valence-corrected chi connectivity index (χ3v) is 5.51. The lowest BCUT2D eigenvalue weighted by Gasteiger charge is -2.37. The van der Waals surface area contributed by atoms with Crippen molar-refractivity contribution >= 4 is 33.2 Å². The molecule has 1 unspecified atom stereocenters. The Labute approximate surface area is 114 Å². The molecule has 0 aliphatic carbocycles. The molecule has 0 spiro atoms. The van der Waals surface area contributed by atoms with E-state index in [2.05, 4.69) is 20.8 Å². The third-order valence-electron chi connectivity index (χ3n) is 3.69. The van der Waals surface area contributed by atoms with E-state index >= 15 is 0 Å². The average Bonchev–Trinajstić information content (AvgIpc) is 2.95. The van der Waals surface area contributed by atoms with Gasteiger partial charge < -0.3 is 4.90 Å². The second-order valence-corrected chi connectivity index (χ2v) is 6.45. The Morgan fingerprint density at radius 1 is 1.41 bits per heavy atom. The van der Waals surface area contributed by atoms with Crippen LogP contribution >= 0.6 is 27.3 Å². The van der Waals surface area contributed by atoms with Crippen LogP contribution in [0.3, 0.4) is 0 Å². The second kappa shape index (κ2) is 4.71. The topological polar surface area (TPSA) is 23.6 Å². The Balaban J connectivity index is 1.73. The average molecular weight is 315 g/mol. The molecule has 3 nitrogen and oxygen atoms in total. The van der Waals surface area contributed by atoms with Crippen LogP contribution in [0.2, 0.25) is 0 Å². The number of hydrogen-bond donors (Lipinski definition) is 0. The molecule has 2 aliphatic heterocycles. The highest BCUT2D eigenvalue weighted by Crippen LogP contribution is 2.27. The van der Waals surface area contributed by atoms with Crippen molar-refractivity contribution in [1.29, 1.82) is 0 Å². The van der Waals surface area contributed by atoms with Crippen molar-refractivity contribution in [3.8, 4) is 0 Å². The van der Waals surface area contributed by atoms with Crippen LogP contribution in [0, 0.1) is 0 Å². The predicted octanol–water partition coefficient (Wildman–Crippen LogP) is 2.43. The Bertz CT molecular complexity index is 434. The van der Waals surface area contributed by atoms with Gasteiger partial charge in [-0.3, -0.25) is 9.69 Å². The quantitative estimate of drug-likeness (QED) is 0.795. The first-order chi connectivity index (χ1) is 8.25. The SMILES string of the molecule is O=C(c1sccc1Br)N1CCN2CCCC2C1. The van der Waals surface area contributed by atoms with Crippen molar-refractivity contribution in [3.05, 3.63) is 20.8 Å². The van der Waals surface area contributed by atoms with Gasteiger partial charge in [-0.1, -0.05) is 0 Å². The second-order valence-electron chi connectivity index (χ2n) is 4.68. The highest BCUT2D eigenvalue weighted by molar-refractivity contribution is 9.10. The highest BCUT2D eigenvalue weighted by atomic mass is 79.9. The maximum atomic E-state index is 12.4. The number of fused-ring (bicyclic) bond motifs is 1. The lowest BCUT2D eigenvalue weighted by molar-refractivity contribution is 0.0575. The number of piperazine rings is 1. The maximum absolute atomic E-state index is 12.4. The fourth-order valence-electron chi connectivity index (χ4n) is 2.77. The van der Waals surface area contributed by atoms with Crippen LogP contribution in [0.4, 0.5) is 0 Å². The molecule has 0 N–H and O–H groups in total. The van der Waals surface area contributed by atoms with Crippen molar-refractivity contribution in [2.24, 2.45) is 0 Å². The number of carbonyl (C=O) groups excluding carboxylic acids is 1. The molecule has 0 bridgehead atoms. The number of rotatable bonds is 1. The van der Waals surface area contributed by atoms with Crippen molar-refractivity contribution in [1.82, 2.24) is 9.80 Å². The smallest absolute Gasteiger partial charge is 0.265 e. The first kappa shape index (κ1) is 11.7. The standard InChI is InChI=1S/C12H15BrN2OS/c13-10-3-7-17-11(10)12(16)15-6-5-14-4-1-2-9(14)8-15/h3,7,9H,1-2,4-6,8H2. The molecule has 1 aromatic heterocycles. The van der Waals surface area contributed by atoms with Gasteiger partial charge in [0.15, 0.2) is 0 Å². The zero-order valence-electron chi connectivity index (χ0n) is 9.56. The van der Waals surface area contributed by atoms with Gasteiger partial charge in [0.2, 0.25) is 0 Å². The molecule has 92 valence electrons. The zero-order chi connectivity index (χ0) is 11.8. The molecule has 5 heteroatoms. The van der Waals surface area contributed by atoms with Gasteiger partial charge in [0.05, 0.1) is 0 Å². The summed E-state index contributed by atoms with van der Waals surface area (Å²) in [7, 11) is 0. The van der Waals surface area contributed by atoms with Crippen LogP contribution in [-0.2, 0) is 0 Å². The summed E-state index contributed by atoms with van der Waals surface area (Å²) >= 11 is 4.97. The van der Waals surface area contributed by atoms with Gasteiger partial charge in [0, 0.05) is 30.1 Å². The van der Waals surface area contributed by atoms with Gasteiger partial charge in [0.1, 0.15) is 4.88 Å². The number of carbonyl (C=O) groups is 1. The highest BCUT2D eigenvalue weighted by Gasteiger charge is 2.33. The van der Waals surface area contributed by atoms with E-state index < -0.39 is 0 Å². The molecule has 17 heavy (non-hydrogen) atoms. The molecule has 3 heterocycles.